The van der Waals surface area contributed by atoms with Gasteiger partial charge in [0.2, 0.25) is 0 Å². The molecule has 0 spiro atoms. The molecule has 1 N–H and O–H groups in total. The van der Waals surface area contributed by atoms with Gasteiger partial charge in [-0.15, -0.1) is 0 Å². The summed E-state index contributed by atoms with van der Waals surface area (Å²) in [5.41, 5.74) is 2.06. The van der Waals surface area contributed by atoms with Gasteiger partial charge in [-0.05, 0) is 55.0 Å². The van der Waals surface area contributed by atoms with E-state index in [0.717, 1.165) is 5.56 Å². The molecule has 0 unspecified atom stereocenters. The quantitative estimate of drug-likeness (QED) is 0.531. The largest absolute Gasteiger partial charge is 0.497 e. The van der Waals surface area contributed by atoms with Gasteiger partial charge >= 0.3 is 0 Å². The third-order valence-electron chi connectivity index (χ3n) is 4.31. The number of rotatable bonds is 9. The number of Topliss-reactive ketones (excluding diaryl/α,β-unsaturated/α-hetero) is 1. The van der Waals surface area contributed by atoms with Gasteiger partial charge in [0.1, 0.15) is 23.9 Å². The van der Waals surface area contributed by atoms with Crippen LogP contribution in [-0.2, 0) is 11.4 Å². The molecule has 0 radical (unpaired) electrons. The molecule has 0 saturated carbocycles. The molecule has 1 amide bonds. The van der Waals surface area contributed by atoms with E-state index in [4.69, 9.17) is 14.2 Å². The Labute approximate surface area is 175 Å². The molecule has 3 aromatic carbocycles. The summed E-state index contributed by atoms with van der Waals surface area (Å²) >= 11 is 0. The normalized spacial score (nSPS) is 10.2. The zero-order valence-corrected chi connectivity index (χ0v) is 16.9. The third kappa shape index (κ3) is 5.85. The van der Waals surface area contributed by atoms with Crippen molar-refractivity contribution in [2.45, 2.75) is 13.5 Å². The number of hydrogen-bond acceptors (Lipinski definition) is 5. The number of methoxy groups -OCH3 is 1. The van der Waals surface area contributed by atoms with Crippen LogP contribution in [0.5, 0.6) is 17.2 Å². The van der Waals surface area contributed by atoms with Crippen molar-refractivity contribution in [3.05, 3.63) is 83.9 Å². The summed E-state index contributed by atoms with van der Waals surface area (Å²) in [6.07, 6.45) is 0. The Morgan fingerprint density at radius 3 is 2.23 bits per heavy atom. The van der Waals surface area contributed by atoms with E-state index in [1.54, 1.807) is 42.5 Å². The fourth-order valence-electron chi connectivity index (χ4n) is 2.75. The van der Waals surface area contributed by atoms with E-state index in [1.165, 1.54) is 14.0 Å². The molecule has 0 atom stereocenters. The maximum Gasteiger partial charge on any atom is 0.262 e. The lowest BCUT2D eigenvalue weighted by atomic mass is 10.1. The van der Waals surface area contributed by atoms with Crippen LogP contribution in [0.1, 0.15) is 22.8 Å². The average Bonchev–Trinajstić information content (AvgIpc) is 2.77. The Morgan fingerprint density at radius 2 is 1.57 bits per heavy atom. The van der Waals surface area contributed by atoms with Crippen molar-refractivity contribution in [3.63, 3.8) is 0 Å². The van der Waals surface area contributed by atoms with Gasteiger partial charge in [-0.2, -0.15) is 0 Å². The summed E-state index contributed by atoms with van der Waals surface area (Å²) < 4.78 is 16.4. The zero-order valence-electron chi connectivity index (χ0n) is 16.9. The van der Waals surface area contributed by atoms with Gasteiger partial charge in [0.05, 0.1) is 12.7 Å². The minimum atomic E-state index is -0.335. The van der Waals surface area contributed by atoms with Crippen LogP contribution in [0, 0.1) is 0 Å². The van der Waals surface area contributed by atoms with Gasteiger partial charge in [-0.25, -0.2) is 0 Å². The van der Waals surface area contributed by atoms with Crippen LogP contribution in [0.3, 0.4) is 0 Å². The second kappa shape index (κ2) is 10.1. The van der Waals surface area contributed by atoms with E-state index in [9.17, 15) is 9.59 Å². The number of ether oxygens (including phenoxy) is 3. The number of hydrogen-bond donors (Lipinski definition) is 1. The number of amides is 1. The van der Waals surface area contributed by atoms with Crippen LogP contribution >= 0.6 is 0 Å². The van der Waals surface area contributed by atoms with Crippen LogP contribution in [-0.4, -0.2) is 25.4 Å². The summed E-state index contributed by atoms with van der Waals surface area (Å²) in [5.74, 6) is 1.08. The Morgan fingerprint density at radius 1 is 0.867 bits per heavy atom. The SMILES string of the molecule is COc1ccc(OCC(=O)Nc2ccc(OCc3ccccc3)cc2)c(C(C)=O)c1. The molecule has 3 rings (SSSR count). The number of carbonyl (C=O) groups is 2. The van der Waals surface area contributed by atoms with E-state index in [1.807, 2.05) is 30.3 Å². The summed E-state index contributed by atoms with van der Waals surface area (Å²) in [7, 11) is 1.52. The molecular formula is C24H23NO5. The Hall–Kier alpha value is -3.80. The van der Waals surface area contributed by atoms with Crippen molar-refractivity contribution in [1.82, 2.24) is 0 Å². The van der Waals surface area contributed by atoms with E-state index < -0.39 is 0 Å². The predicted octanol–water partition coefficient (Wildman–Crippen LogP) is 4.49. The van der Waals surface area contributed by atoms with Crippen LogP contribution in [0.4, 0.5) is 5.69 Å². The van der Waals surface area contributed by atoms with Crippen molar-refractivity contribution < 1.29 is 23.8 Å². The van der Waals surface area contributed by atoms with Gasteiger partial charge in [-0.1, -0.05) is 30.3 Å². The van der Waals surface area contributed by atoms with Crippen molar-refractivity contribution in [1.29, 1.82) is 0 Å². The summed E-state index contributed by atoms with van der Waals surface area (Å²) in [5, 5.41) is 2.76. The molecule has 0 aromatic heterocycles. The summed E-state index contributed by atoms with van der Waals surface area (Å²) in [6.45, 7) is 1.68. The summed E-state index contributed by atoms with van der Waals surface area (Å²) in [6, 6.07) is 21.8. The smallest absolute Gasteiger partial charge is 0.262 e. The molecule has 0 aliphatic heterocycles. The molecule has 0 heterocycles. The molecule has 6 nitrogen and oxygen atoms in total. The highest BCUT2D eigenvalue weighted by atomic mass is 16.5. The Kier molecular flexibility index (Phi) is 7.05. The Balaban J connectivity index is 1.52. The standard InChI is InChI=1S/C24H23NO5/c1-17(26)22-14-21(28-2)12-13-23(22)30-16-24(27)25-19-8-10-20(11-9-19)29-15-18-6-4-3-5-7-18/h3-14H,15-16H2,1-2H3,(H,25,27). The third-order valence-corrected chi connectivity index (χ3v) is 4.31. The van der Waals surface area contributed by atoms with E-state index in [0.29, 0.717) is 35.1 Å². The van der Waals surface area contributed by atoms with Crippen LogP contribution < -0.4 is 19.5 Å². The van der Waals surface area contributed by atoms with Crippen LogP contribution in [0.2, 0.25) is 0 Å². The number of nitrogens with one attached hydrogen (secondary N) is 1. The van der Waals surface area contributed by atoms with Crippen LogP contribution in [0.15, 0.2) is 72.8 Å². The molecule has 3 aromatic rings. The van der Waals surface area contributed by atoms with E-state index in [2.05, 4.69) is 5.32 Å². The lowest BCUT2D eigenvalue weighted by Crippen LogP contribution is -2.20. The first kappa shape index (κ1) is 20.9. The first-order valence-electron chi connectivity index (χ1n) is 9.43. The number of carbonyl (C=O) groups excluding carboxylic acids is 2. The number of anilines is 1. The number of benzene rings is 3. The zero-order chi connectivity index (χ0) is 21.3. The highest BCUT2D eigenvalue weighted by Gasteiger charge is 2.12. The van der Waals surface area contributed by atoms with Gasteiger partial charge < -0.3 is 19.5 Å². The topological polar surface area (TPSA) is 73.9 Å². The maximum absolute atomic E-state index is 12.2. The lowest BCUT2D eigenvalue weighted by Gasteiger charge is -2.12. The number of ketones is 1. The second-order valence-corrected chi connectivity index (χ2v) is 6.55. The van der Waals surface area contributed by atoms with Crippen LogP contribution in [0.25, 0.3) is 0 Å². The van der Waals surface area contributed by atoms with E-state index >= 15 is 0 Å². The molecule has 0 aliphatic carbocycles. The summed E-state index contributed by atoms with van der Waals surface area (Å²) in [4.78, 5) is 24.0. The molecule has 0 bridgehead atoms. The first-order valence-corrected chi connectivity index (χ1v) is 9.43. The van der Waals surface area contributed by atoms with Gasteiger partial charge in [-0.3, -0.25) is 9.59 Å². The van der Waals surface area contributed by atoms with Crippen molar-refractivity contribution in [2.24, 2.45) is 0 Å². The highest BCUT2D eigenvalue weighted by Crippen LogP contribution is 2.25. The van der Waals surface area contributed by atoms with E-state index in [-0.39, 0.29) is 18.3 Å². The molecule has 0 aliphatic rings. The fraction of sp³-hybridized carbons (Fsp3) is 0.167. The molecular weight excluding hydrogens is 382 g/mol. The van der Waals surface area contributed by atoms with Gasteiger partial charge in [0.15, 0.2) is 12.4 Å². The molecule has 30 heavy (non-hydrogen) atoms. The van der Waals surface area contributed by atoms with Crippen molar-refractivity contribution in [2.75, 3.05) is 19.0 Å². The monoisotopic (exact) mass is 405 g/mol. The van der Waals surface area contributed by atoms with Gasteiger partial charge in [0.25, 0.3) is 5.91 Å². The average molecular weight is 405 g/mol. The first-order chi connectivity index (χ1) is 14.5. The minimum absolute atomic E-state index is 0.171. The lowest BCUT2D eigenvalue weighted by molar-refractivity contribution is -0.118. The minimum Gasteiger partial charge on any atom is -0.497 e. The highest BCUT2D eigenvalue weighted by molar-refractivity contribution is 5.97. The Bertz CT molecular complexity index is 1000. The molecule has 6 heteroatoms. The molecule has 0 saturated heterocycles. The van der Waals surface area contributed by atoms with Gasteiger partial charge in [0, 0.05) is 5.69 Å². The fourth-order valence-corrected chi connectivity index (χ4v) is 2.75. The molecule has 0 fully saturated rings. The predicted molar refractivity (Wildman–Crippen MR) is 114 cm³/mol. The molecule has 154 valence electrons. The maximum atomic E-state index is 12.2. The van der Waals surface area contributed by atoms with Crippen molar-refractivity contribution in [3.8, 4) is 17.2 Å². The second-order valence-electron chi connectivity index (χ2n) is 6.55. The van der Waals surface area contributed by atoms with Crippen molar-refractivity contribution >= 4 is 17.4 Å².